The summed E-state index contributed by atoms with van der Waals surface area (Å²) in [5.74, 6) is -0.577. The lowest BCUT2D eigenvalue weighted by Crippen LogP contribution is -2.43. The van der Waals surface area contributed by atoms with Crippen molar-refractivity contribution in [3.8, 4) is 0 Å². The monoisotopic (exact) mass is 386 g/mol. The third kappa shape index (κ3) is 3.66. The van der Waals surface area contributed by atoms with Crippen molar-refractivity contribution in [3.05, 3.63) is 22.0 Å². The molecule has 3 rings (SSSR count). The Hall–Kier alpha value is -1.36. The summed E-state index contributed by atoms with van der Waals surface area (Å²) in [7, 11) is -3.53. The van der Waals surface area contributed by atoms with Crippen molar-refractivity contribution in [2.75, 3.05) is 18.4 Å². The fourth-order valence-electron chi connectivity index (χ4n) is 2.61. The zero-order valence-corrected chi connectivity index (χ0v) is 15.8. The summed E-state index contributed by atoms with van der Waals surface area (Å²) in [6.07, 6.45) is 1.33. The van der Waals surface area contributed by atoms with Gasteiger partial charge < -0.3 is 5.32 Å². The summed E-state index contributed by atoms with van der Waals surface area (Å²) in [5, 5.41) is 11.7. The van der Waals surface area contributed by atoms with Crippen molar-refractivity contribution in [2.24, 2.45) is 5.92 Å². The highest BCUT2D eigenvalue weighted by Crippen LogP contribution is 2.28. The van der Waals surface area contributed by atoms with E-state index in [-0.39, 0.29) is 18.4 Å². The van der Waals surface area contributed by atoms with Gasteiger partial charge in [0, 0.05) is 18.0 Å². The molecule has 2 aromatic heterocycles. The van der Waals surface area contributed by atoms with Gasteiger partial charge in [0.1, 0.15) is 9.22 Å². The molecule has 1 fully saturated rings. The van der Waals surface area contributed by atoms with Gasteiger partial charge in [-0.1, -0.05) is 11.3 Å². The van der Waals surface area contributed by atoms with Gasteiger partial charge in [0.25, 0.3) is 10.0 Å². The summed E-state index contributed by atoms with van der Waals surface area (Å²) < 4.78 is 27.2. The van der Waals surface area contributed by atoms with E-state index >= 15 is 0 Å². The largest absolute Gasteiger partial charge is 0.300 e. The highest BCUT2D eigenvalue weighted by molar-refractivity contribution is 7.91. The maximum atomic E-state index is 12.7. The van der Waals surface area contributed by atoms with Gasteiger partial charge in [0.2, 0.25) is 11.0 Å². The summed E-state index contributed by atoms with van der Waals surface area (Å²) >= 11 is 2.56. The molecule has 130 valence electrons. The number of carbonyl (C=O) groups is 1. The average Bonchev–Trinajstić information content (AvgIpc) is 3.16. The third-order valence-electron chi connectivity index (χ3n) is 3.82. The number of nitrogens with zero attached hydrogens (tertiary/aromatic N) is 3. The van der Waals surface area contributed by atoms with E-state index in [0.29, 0.717) is 28.7 Å². The summed E-state index contributed by atoms with van der Waals surface area (Å²) in [4.78, 5) is 13.3. The first-order chi connectivity index (χ1) is 11.4. The molecule has 0 bridgehead atoms. The second kappa shape index (κ2) is 6.87. The van der Waals surface area contributed by atoms with Crippen LogP contribution in [0.25, 0.3) is 0 Å². The molecule has 0 saturated carbocycles. The number of rotatable bonds is 4. The van der Waals surface area contributed by atoms with Crippen LogP contribution in [0.2, 0.25) is 0 Å². The average molecular weight is 387 g/mol. The maximum absolute atomic E-state index is 12.7. The molecule has 0 aliphatic carbocycles. The lowest BCUT2D eigenvalue weighted by molar-refractivity contribution is -0.120. The van der Waals surface area contributed by atoms with Crippen molar-refractivity contribution in [1.29, 1.82) is 0 Å². The highest BCUT2D eigenvalue weighted by atomic mass is 32.2. The van der Waals surface area contributed by atoms with Crippen molar-refractivity contribution >= 4 is 43.7 Å². The van der Waals surface area contributed by atoms with Gasteiger partial charge in [-0.15, -0.1) is 21.5 Å². The number of hydrogen-bond donors (Lipinski definition) is 1. The molecule has 1 atom stereocenters. The Morgan fingerprint density at radius 1 is 1.29 bits per heavy atom. The first-order valence-electron chi connectivity index (χ1n) is 7.54. The second-order valence-electron chi connectivity index (χ2n) is 5.68. The van der Waals surface area contributed by atoms with Gasteiger partial charge in [0.05, 0.1) is 5.92 Å². The van der Waals surface area contributed by atoms with Gasteiger partial charge >= 0.3 is 0 Å². The molecule has 0 radical (unpaired) electrons. The number of carbonyl (C=O) groups excluding carboxylic acids is 1. The van der Waals surface area contributed by atoms with Crippen molar-refractivity contribution < 1.29 is 13.2 Å². The van der Waals surface area contributed by atoms with E-state index in [4.69, 9.17) is 0 Å². The van der Waals surface area contributed by atoms with Crippen LogP contribution in [0.1, 0.15) is 22.7 Å². The fourth-order valence-corrected chi connectivity index (χ4v) is 6.16. The minimum atomic E-state index is -3.53. The lowest BCUT2D eigenvalue weighted by Gasteiger charge is -2.30. The Morgan fingerprint density at radius 2 is 2.08 bits per heavy atom. The lowest BCUT2D eigenvalue weighted by atomic mass is 9.99. The fraction of sp³-hybridized carbons (Fsp3) is 0.500. The van der Waals surface area contributed by atoms with Gasteiger partial charge in [-0.3, -0.25) is 4.79 Å². The Labute approximate surface area is 148 Å². The van der Waals surface area contributed by atoms with Crippen LogP contribution in [0.5, 0.6) is 0 Å². The van der Waals surface area contributed by atoms with Gasteiger partial charge in [-0.25, -0.2) is 8.42 Å². The van der Waals surface area contributed by atoms with E-state index in [1.54, 1.807) is 12.1 Å². The number of amides is 1. The molecule has 3 heterocycles. The molecular formula is C14H18N4O3S3. The van der Waals surface area contributed by atoms with E-state index in [1.807, 2.05) is 13.8 Å². The number of hydrogen-bond acceptors (Lipinski definition) is 7. The molecule has 7 nitrogen and oxygen atoms in total. The molecule has 1 amide bonds. The molecule has 0 spiro atoms. The van der Waals surface area contributed by atoms with Gasteiger partial charge in [-0.2, -0.15) is 4.31 Å². The predicted molar refractivity (Wildman–Crippen MR) is 93.8 cm³/mol. The quantitative estimate of drug-likeness (QED) is 0.870. The van der Waals surface area contributed by atoms with E-state index in [9.17, 15) is 13.2 Å². The van der Waals surface area contributed by atoms with Crippen LogP contribution in [0.3, 0.4) is 0 Å². The number of thiophene rings is 1. The number of aromatic nitrogens is 2. The predicted octanol–water partition coefficient (Wildman–Crippen LogP) is 2.26. The summed E-state index contributed by atoms with van der Waals surface area (Å²) in [5.41, 5.74) is 0. The highest BCUT2D eigenvalue weighted by Gasteiger charge is 2.34. The second-order valence-corrected chi connectivity index (χ2v) is 10.3. The Balaban J connectivity index is 1.71. The van der Waals surface area contributed by atoms with E-state index < -0.39 is 10.0 Å². The minimum Gasteiger partial charge on any atom is -0.300 e. The molecule has 1 aliphatic rings. The third-order valence-corrected chi connectivity index (χ3v) is 7.91. The number of sulfonamides is 1. The van der Waals surface area contributed by atoms with Crippen molar-refractivity contribution in [1.82, 2.24) is 14.5 Å². The molecule has 1 saturated heterocycles. The van der Waals surface area contributed by atoms with Gasteiger partial charge in [-0.05, 0) is 38.8 Å². The van der Waals surface area contributed by atoms with Crippen LogP contribution in [-0.4, -0.2) is 41.9 Å². The normalized spacial score (nSPS) is 19.3. The number of nitrogens with one attached hydrogen (secondary N) is 1. The molecule has 0 unspecified atom stereocenters. The molecular weight excluding hydrogens is 368 g/mol. The molecule has 1 N–H and O–H groups in total. The van der Waals surface area contributed by atoms with Crippen LogP contribution in [-0.2, 0) is 14.8 Å². The zero-order valence-electron chi connectivity index (χ0n) is 13.4. The molecule has 1 aliphatic heterocycles. The topological polar surface area (TPSA) is 92.3 Å². The summed E-state index contributed by atoms with van der Waals surface area (Å²) in [6.45, 7) is 4.33. The Kier molecular flexibility index (Phi) is 5.00. The SMILES string of the molecule is Cc1ccc(S(=O)(=O)N2CCC[C@H](C(=O)Nc3nnc(C)s3)C2)s1. The molecule has 2 aromatic rings. The van der Waals surface area contributed by atoms with Crippen LogP contribution < -0.4 is 5.32 Å². The Morgan fingerprint density at radius 3 is 2.71 bits per heavy atom. The minimum absolute atomic E-state index is 0.197. The van der Waals surface area contributed by atoms with Crippen LogP contribution in [0.4, 0.5) is 5.13 Å². The molecule has 24 heavy (non-hydrogen) atoms. The first-order valence-corrected chi connectivity index (χ1v) is 10.6. The standard InChI is InChI=1S/C14H18N4O3S3/c1-9-5-6-12(22-9)24(20,21)18-7-3-4-11(8-18)13(19)15-14-17-16-10(2)23-14/h5-6,11H,3-4,7-8H2,1-2H3,(H,15,17,19)/t11-/m0/s1. The molecule has 10 heteroatoms. The van der Waals surface area contributed by atoms with Crippen LogP contribution in [0, 0.1) is 19.8 Å². The van der Waals surface area contributed by atoms with E-state index in [1.165, 1.54) is 27.0 Å². The number of piperidine rings is 1. The van der Waals surface area contributed by atoms with Crippen LogP contribution >= 0.6 is 22.7 Å². The number of aryl methyl sites for hydroxylation is 2. The first kappa shape index (κ1) is 17.5. The van der Waals surface area contributed by atoms with Crippen LogP contribution in [0.15, 0.2) is 16.3 Å². The van der Waals surface area contributed by atoms with Crippen molar-refractivity contribution in [3.63, 3.8) is 0 Å². The van der Waals surface area contributed by atoms with E-state index in [2.05, 4.69) is 15.5 Å². The van der Waals surface area contributed by atoms with E-state index in [0.717, 1.165) is 9.88 Å². The zero-order chi connectivity index (χ0) is 17.3. The number of anilines is 1. The van der Waals surface area contributed by atoms with Gasteiger partial charge in [0.15, 0.2) is 0 Å². The summed E-state index contributed by atoms with van der Waals surface area (Å²) in [6, 6.07) is 3.42. The molecule has 0 aromatic carbocycles. The maximum Gasteiger partial charge on any atom is 0.252 e. The van der Waals surface area contributed by atoms with Crippen molar-refractivity contribution in [2.45, 2.75) is 30.9 Å². The smallest absolute Gasteiger partial charge is 0.252 e. The Bertz CT molecular complexity index is 843.